The highest BCUT2D eigenvalue weighted by Gasteiger charge is 2.35. The normalized spacial score (nSPS) is 11.8. The third-order valence-electron chi connectivity index (χ3n) is 8.39. The van der Waals surface area contributed by atoms with Gasteiger partial charge in [0.25, 0.3) is 0 Å². The lowest BCUT2D eigenvalue weighted by molar-refractivity contribution is -0.269. The predicted octanol–water partition coefficient (Wildman–Crippen LogP) is 11.3. The van der Waals surface area contributed by atoms with Gasteiger partial charge in [0.05, 0.1) is 0 Å². The summed E-state index contributed by atoms with van der Waals surface area (Å²) in [6.07, 6.45) is 33.8. The SMILES string of the molecule is CCCCCCCCCCCCCCCC(=O)OC(C)(OC(=O)CCCCCCCCCCCCCCC)N(C)C. The quantitative estimate of drug-likeness (QED) is 0.0463. The molecule has 0 amide bonds. The minimum absolute atomic E-state index is 0.293. The van der Waals surface area contributed by atoms with E-state index in [1.165, 1.54) is 141 Å². The van der Waals surface area contributed by atoms with E-state index in [1.807, 2.05) is 0 Å². The van der Waals surface area contributed by atoms with Crippen LogP contribution in [-0.2, 0) is 19.1 Å². The van der Waals surface area contributed by atoms with Gasteiger partial charge < -0.3 is 9.47 Å². The number of esters is 2. The van der Waals surface area contributed by atoms with Gasteiger partial charge >= 0.3 is 17.8 Å². The van der Waals surface area contributed by atoms with Crippen molar-refractivity contribution in [3.8, 4) is 0 Å². The number of carbonyl (C=O) groups is 2. The van der Waals surface area contributed by atoms with Crippen molar-refractivity contribution in [2.45, 2.75) is 206 Å². The van der Waals surface area contributed by atoms with Gasteiger partial charge in [-0.05, 0) is 26.9 Å². The molecular formula is C36H71NO4. The number of hydrogen-bond acceptors (Lipinski definition) is 5. The van der Waals surface area contributed by atoms with Gasteiger partial charge in [-0.15, -0.1) is 0 Å². The molecule has 0 rings (SSSR count). The van der Waals surface area contributed by atoms with Crippen LogP contribution in [0.1, 0.15) is 201 Å². The average Bonchev–Trinajstić information content (AvgIpc) is 2.93. The highest BCUT2D eigenvalue weighted by Crippen LogP contribution is 2.20. The number of unbranched alkanes of at least 4 members (excludes halogenated alkanes) is 24. The molecule has 5 heteroatoms. The zero-order chi connectivity index (χ0) is 30.4. The predicted molar refractivity (Wildman–Crippen MR) is 175 cm³/mol. The minimum Gasteiger partial charge on any atom is -0.409 e. The highest BCUT2D eigenvalue weighted by atomic mass is 16.8. The molecule has 0 fully saturated rings. The molecule has 0 atom stereocenters. The van der Waals surface area contributed by atoms with Crippen molar-refractivity contribution in [3.05, 3.63) is 0 Å². The molecule has 0 bridgehead atoms. The summed E-state index contributed by atoms with van der Waals surface area (Å²) in [6, 6.07) is 0. The molecular weight excluding hydrogens is 510 g/mol. The van der Waals surface area contributed by atoms with Crippen LogP contribution in [-0.4, -0.2) is 36.8 Å². The third-order valence-corrected chi connectivity index (χ3v) is 8.39. The Morgan fingerprint density at radius 1 is 0.439 bits per heavy atom. The molecule has 41 heavy (non-hydrogen) atoms. The van der Waals surface area contributed by atoms with Crippen LogP contribution in [0.15, 0.2) is 0 Å². The van der Waals surface area contributed by atoms with Crippen LogP contribution in [0.5, 0.6) is 0 Å². The van der Waals surface area contributed by atoms with E-state index in [4.69, 9.17) is 9.47 Å². The molecule has 0 spiro atoms. The maximum Gasteiger partial charge on any atom is 0.317 e. The fraction of sp³-hybridized carbons (Fsp3) is 0.944. The van der Waals surface area contributed by atoms with Crippen LogP contribution in [0.4, 0.5) is 0 Å². The zero-order valence-corrected chi connectivity index (χ0v) is 28.4. The summed E-state index contributed by atoms with van der Waals surface area (Å²) in [6.45, 7) is 6.20. The summed E-state index contributed by atoms with van der Waals surface area (Å²) >= 11 is 0. The van der Waals surface area contributed by atoms with Gasteiger partial charge in [0.1, 0.15) is 0 Å². The number of hydrogen-bond donors (Lipinski definition) is 0. The standard InChI is InChI=1S/C36H71NO4/c1-6-8-10-12-14-16-18-20-22-24-26-28-30-32-34(38)40-36(3,37(4)5)41-35(39)33-31-29-27-25-23-21-19-17-15-13-11-9-7-2/h6-33H2,1-5H3. The van der Waals surface area contributed by atoms with Crippen LogP contribution >= 0.6 is 0 Å². The molecule has 244 valence electrons. The monoisotopic (exact) mass is 582 g/mol. The molecule has 0 aliphatic rings. The molecule has 0 N–H and O–H groups in total. The number of rotatable bonds is 31. The smallest absolute Gasteiger partial charge is 0.317 e. The Morgan fingerprint density at radius 2 is 0.659 bits per heavy atom. The molecule has 0 unspecified atom stereocenters. The van der Waals surface area contributed by atoms with E-state index in [0.717, 1.165) is 25.7 Å². The zero-order valence-electron chi connectivity index (χ0n) is 28.4. The Labute approximate surface area is 256 Å². The van der Waals surface area contributed by atoms with Gasteiger partial charge in [0.2, 0.25) is 0 Å². The van der Waals surface area contributed by atoms with Crippen molar-refractivity contribution in [2.75, 3.05) is 14.1 Å². The summed E-state index contributed by atoms with van der Waals surface area (Å²) in [7, 11) is 3.55. The fourth-order valence-corrected chi connectivity index (χ4v) is 5.30. The van der Waals surface area contributed by atoms with E-state index in [9.17, 15) is 9.59 Å². The van der Waals surface area contributed by atoms with E-state index >= 15 is 0 Å². The molecule has 0 aromatic carbocycles. The van der Waals surface area contributed by atoms with Crippen molar-refractivity contribution >= 4 is 11.9 Å². The third kappa shape index (κ3) is 26.3. The molecule has 0 saturated heterocycles. The van der Waals surface area contributed by atoms with Gasteiger partial charge in [-0.3, -0.25) is 9.59 Å². The first kappa shape index (κ1) is 39.9. The van der Waals surface area contributed by atoms with Crippen LogP contribution in [0, 0.1) is 0 Å². The molecule has 0 radical (unpaired) electrons. The van der Waals surface area contributed by atoms with Crippen LogP contribution in [0.2, 0.25) is 0 Å². The van der Waals surface area contributed by atoms with Gasteiger partial charge in [-0.1, -0.05) is 168 Å². The van der Waals surface area contributed by atoms with Gasteiger partial charge in [0, 0.05) is 19.8 Å². The average molecular weight is 582 g/mol. The van der Waals surface area contributed by atoms with Crippen molar-refractivity contribution in [1.29, 1.82) is 0 Å². The fourth-order valence-electron chi connectivity index (χ4n) is 5.30. The number of carbonyl (C=O) groups excluding carboxylic acids is 2. The van der Waals surface area contributed by atoms with Crippen molar-refractivity contribution in [3.63, 3.8) is 0 Å². The molecule has 0 aliphatic carbocycles. The first-order chi connectivity index (χ1) is 19.9. The lowest BCUT2D eigenvalue weighted by Crippen LogP contribution is -2.49. The van der Waals surface area contributed by atoms with E-state index in [1.54, 1.807) is 25.9 Å². The molecule has 0 aromatic rings. The second kappa shape index (κ2) is 29.0. The van der Waals surface area contributed by atoms with Crippen LogP contribution < -0.4 is 0 Å². The number of ether oxygens (including phenoxy) is 2. The van der Waals surface area contributed by atoms with Crippen molar-refractivity contribution in [2.24, 2.45) is 0 Å². The van der Waals surface area contributed by atoms with E-state index in [0.29, 0.717) is 12.8 Å². The molecule has 0 aromatic heterocycles. The maximum atomic E-state index is 12.5. The Hall–Kier alpha value is -1.10. The van der Waals surface area contributed by atoms with E-state index in [2.05, 4.69) is 13.8 Å². The summed E-state index contributed by atoms with van der Waals surface area (Å²) < 4.78 is 11.3. The van der Waals surface area contributed by atoms with Crippen LogP contribution in [0.25, 0.3) is 0 Å². The Bertz CT molecular complexity index is 548. The Kier molecular flexibility index (Phi) is 28.2. The van der Waals surface area contributed by atoms with Crippen LogP contribution in [0.3, 0.4) is 0 Å². The minimum atomic E-state index is -1.35. The number of nitrogens with zero attached hydrogens (tertiary/aromatic N) is 1. The van der Waals surface area contributed by atoms with Crippen molar-refractivity contribution in [1.82, 2.24) is 4.90 Å². The van der Waals surface area contributed by atoms with Gasteiger partial charge in [-0.2, -0.15) is 0 Å². The summed E-state index contributed by atoms with van der Waals surface area (Å²) in [5.41, 5.74) is 0. The molecule has 0 aliphatic heterocycles. The largest absolute Gasteiger partial charge is 0.409 e. The second-order valence-corrected chi connectivity index (χ2v) is 12.7. The molecule has 0 saturated carbocycles. The highest BCUT2D eigenvalue weighted by molar-refractivity contribution is 5.71. The van der Waals surface area contributed by atoms with Gasteiger partial charge in [0.15, 0.2) is 0 Å². The summed E-state index contributed by atoms with van der Waals surface area (Å²) in [5, 5.41) is 0. The van der Waals surface area contributed by atoms with Crippen molar-refractivity contribution < 1.29 is 19.1 Å². The van der Waals surface area contributed by atoms with E-state index in [-0.39, 0.29) is 11.9 Å². The van der Waals surface area contributed by atoms with E-state index < -0.39 is 5.91 Å². The lowest BCUT2D eigenvalue weighted by atomic mass is 10.0. The second-order valence-electron chi connectivity index (χ2n) is 12.7. The summed E-state index contributed by atoms with van der Waals surface area (Å²) in [4.78, 5) is 26.6. The first-order valence-electron chi connectivity index (χ1n) is 18.0. The maximum absolute atomic E-state index is 12.5. The lowest BCUT2D eigenvalue weighted by Gasteiger charge is -2.34. The topological polar surface area (TPSA) is 55.8 Å². The Morgan fingerprint density at radius 3 is 0.878 bits per heavy atom. The Balaban J connectivity index is 3.82. The molecule has 0 heterocycles. The first-order valence-corrected chi connectivity index (χ1v) is 18.0. The summed E-state index contributed by atoms with van der Waals surface area (Å²) in [5.74, 6) is -1.93. The van der Waals surface area contributed by atoms with Gasteiger partial charge in [-0.25, -0.2) is 4.90 Å². The molecule has 5 nitrogen and oxygen atoms in total.